The van der Waals surface area contributed by atoms with Gasteiger partial charge in [0.1, 0.15) is 11.5 Å². The van der Waals surface area contributed by atoms with E-state index in [0.29, 0.717) is 18.2 Å². The SMILES string of the molecule is O=[N+]([O-])c1ccccc1S(=O)(=O)Oc1cc2c(c(OS(=O)(=O)c3ccccc3[N+](=O)[O-])c1)C[C@@H](O)[C@@H](c1cc(O)c(OS(=O)(=O)c3ccccc3[N+](=O)[O-])c(OS(=O)(=O)c3ccccc3[N+](=O)[O-])c1)O2. The summed E-state index contributed by atoms with van der Waals surface area (Å²) in [6, 6.07) is 17.6. The van der Waals surface area contributed by atoms with Crippen LogP contribution < -0.4 is 21.5 Å². The normalized spacial score (nSPS) is 14.8. The number of nitro benzene ring substituents is 4. The minimum Gasteiger partial charge on any atom is -0.504 e. The third-order valence-corrected chi connectivity index (χ3v) is 14.8. The van der Waals surface area contributed by atoms with Gasteiger partial charge in [-0.15, -0.1) is 0 Å². The van der Waals surface area contributed by atoms with Gasteiger partial charge < -0.3 is 31.7 Å². The number of nitro groups is 4. The van der Waals surface area contributed by atoms with Gasteiger partial charge in [0.2, 0.25) is 5.75 Å². The van der Waals surface area contributed by atoms with Crippen molar-refractivity contribution in [3.8, 4) is 34.5 Å². The Morgan fingerprint density at radius 2 is 0.871 bits per heavy atom. The van der Waals surface area contributed by atoms with Crippen LogP contribution in [0.2, 0.25) is 0 Å². The molecule has 0 spiro atoms. The van der Waals surface area contributed by atoms with Gasteiger partial charge in [-0.25, -0.2) is 0 Å². The van der Waals surface area contributed by atoms with Gasteiger partial charge in [-0.1, -0.05) is 48.5 Å². The van der Waals surface area contributed by atoms with E-state index in [1.807, 2.05) is 0 Å². The number of phenolic OH excluding ortho intramolecular Hbond substituents is 1. The molecule has 0 aliphatic carbocycles. The fraction of sp³-hybridized carbons (Fsp3) is 0.0769. The standard InChI is InChI=1S/C39H26N4O23S4/c44-29-17-22(18-33(65-69(58,59)36-15-7-3-11-27(36)42(50)51)39(29)66-70(60,61)37-16-8-4-12-28(37)43(52)53)38-30(45)21-24-31(62-38)19-23(63-67(54,55)34-13-5-1-9-25(34)40(46)47)20-32(24)64-68(56,57)35-14-6-2-10-26(35)41(48)49/h1-20,30,38,44-45H,21H2/t30-,38-/m1/s1. The number of fused-ring (bicyclic) bond motifs is 1. The van der Waals surface area contributed by atoms with E-state index in [1.165, 1.54) is 0 Å². The van der Waals surface area contributed by atoms with Crippen molar-refractivity contribution in [3.05, 3.63) is 173 Å². The molecule has 6 aromatic carbocycles. The highest BCUT2D eigenvalue weighted by molar-refractivity contribution is 7.88. The zero-order valence-electron chi connectivity index (χ0n) is 34.3. The third kappa shape index (κ3) is 9.88. The van der Waals surface area contributed by atoms with Gasteiger partial charge in [-0.05, 0) is 36.4 Å². The molecule has 70 heavy (non-hydrogen) atoms. The molecule has 0 radical (unpaired) electrons. The number of benzene rings is 6. The maximum Gasteiger partial charge on any atom is 0.346 e. The highest BCUT2D eigenvalue weighted by Gasteiger charge is 2.39. The second-order valence-electron chi connectivity index (χ2n) is 14.1. The molecule has 1 aliphatic rings. The lowest BCUT2D eigenvalue weighted by Crippen LogP contribution is -2.31. The Balaban J connectivity index is 1.38. The van der Waals surface area contributed by atoms with E-state index < -0.39 is 167 Å². The predicted molar refractivity (Wildman–Crippen MR) is 231 cm³/mol. The molecule has 7 rings (SSSR count). The maximum absolute atomic E-state index is 13.7. The average Bonchev–Trinajstić information content (AvgIpc) is 3.29. The lowest BCUT2D eigenvalue weighted by atomic mass is 9.93. The van der Waals surface area contributed by atoms with Crippen molar-refractivity contribution in [2.75, 3.05) is 0 Å². The Bertz CT molecular complexity index is 3650. The van der Waals surface area contributed by atoms with Crippen LogP contribution >= 0.6 is 0 Å². The summed E-state index contributed by atoms with van der Waals surface area (Å²) in [5, 5.41) is 69.9. The summed E-state index contributed by atoms with van der Waals surface area (Å²) in [5.74, 6) is -6.46. The van der Waals surface area contributed by atoms with Crippen LogP contribution in [0.5, 0.6) is 34.5 Å². The third-order valence-electron chi connectivity index (χ3n) is 9.67. The molecule has 0 amide bonds. The molecule has 31 heteroatoms. The smallest absolute Gasteiger partial charge is 0.346 e. The minimum atomic E-state index is -5.46. The highest BCUT2D eigenvalue weighted by Crippen LogP contribution is 2.48. The Kier molecular flexibility index (Phi) is 13.1. The van der Waals surface area contributed by atoms with Crippen LogP contribution in [0.1, 0.15) is 17.2 Å². The van der Waals surface area contributed by atoms with Gasteiger partial charge in [0.15, 0.2) is 42.9 Å². The number of aliphatic hydroxyl groups excluding tert-OH is 1. The van der Waals surface area contributed by atoms with Crippen LogP contribution in [0.25, 0.3) is 0 Å². The van der Waals surface area contributed by atoms with E-state index in [-0.39, 0.29) is 0 Å². The molecule has 0 saturated heterocycles. The topological polar surface area (TPSA) is 396 Å². The largest absolute Gasteiger partial charge is 0.504 e. The molecule has 6 aromatic rings. The van der Waals surface area contributed by atoms with E-state index in [0.717, 1.165) is 103 Å². The summed E-state index contributed by atoms with van der Waals surface area (Å²) in [6.45, 7) is 0. The quantitative estimate of drug-likeness (QED) is 0.0678. The van der Waals surface area contributed by atoms with Crippen LogP contribution in [-0.4, -0.2) is 69.7 Å². The molecule has 2 N–H and O–H groups in total. The first-order valence-corrected chi connectivity index (χ1v) is 24.5. The van der Waals surface area contributed by atoms with Crippen molar-refractivity contribution in [3.63, 3.8) is 0 Å². The fourth-order valence-corrected chi connectivity index (χ4v) is 11.1. The molecule has 364 valence electrons. The fourth-order valence-electron chi connectivity index (χ4n) is 6.69. The number of nitrogens with zero attached hydrogens (tertiary/aromatic N) is 4. The maximum atomic E-state index is 13.7. The van der Waals surface area contributed by atoms with Crippen LogP contribution in [0, 0.1) is 40.5 Å². The predicted octanol–water partition coefficient (Wildman–Crippen LogP) is 5.13. The van der Waals surface area contributed by atoms with Crippen LogP contribution in [-0.2, 0) is 46.9 Å². The first kappa shape index (κ1) is 49.4. The highest BCUT2D eigenvalue weighted by atomic mass is 32.2. The minimum absolute atomic E-state index is 0.420. The number of aliphatic hydroxyl groups is 1. The lowest BCUT2D eigenvalue weighted by Gasteiger charge is -2.32. The van der Waals surface area contributed by atoms with E-state index in [9.17, 15) is 84.3 Å². The number of phenols is 1. The van der Waals surface area contributed by atoms with Gasteiger partial charge >= 0.3 is 40.5 Å². The monoisotopic (exact) mass is 1050 g/mol. The Morgan fingerprint density at radius 3 is 1.29 bits per heavy atom. The van der Waals surface area contributed by atoms with Crippen molar-refractivity contribution >= 4 is 63.2 Å². The van der Waals surface area contributed by atoms with Crippen molar-refractivity contribution in [1.82, 2.24) is 0 Å². The van der Waals surface area contributed by atoms with Crippen molar-refractivity contribution < 1.29 is 85.0 Å². The molecule has 27 nitrogen and oxygen atoms in total. The van der Waals surface area contributed by atoms with Crippen molar-refractivity contribution in [2.24, 2.45) is 0 Å². The number of hydrogen-bond acceptors (Lipinski definition) is 23. The van der Waals surface area contributed by atoms with Gasteiger partial charge in [-0.3, -0.25) is 40.5 Å². The number of hydrogen-bond donors (Lipinski definition) is 2. The zero-order valence-corrected chi connectivity index (χ0v) is 37.6. The molecule has 0 fully saturated rings. The van der Waals surface area contributed by atoms with Crippen molar-refractivity contribution in [2.45, 2.75) is 38.2 Å². The Labute approximate surface area is 392 Å². The number of para-hydroxylation sites is 4. The molecule has 1 heterocycles. The van der Waals surface area contributed by atoms with Crippen LogP contribution in [0.3, 0.4) is 0 Å². The second kappa shape index (κ2) is 18.5. The van der Waals surface area contributed by atoms with Gasteiger partial charge in [0.05, 0.1) is 25.8 Å². The molecule has 1 aliphatic heterocycles. The van der Waals surface area contributed by atoms with Crippen LogP contribution in [0.4, 0.5) is 22.7 Å². The zero-order chi connectivity index (χ0) is 51.1. The van der Waals surface area contributed by atoms with Gasteiger partial charge in [0, 0.05) is 53.9 Å². The summed E-state index contributed by atoms with van der Waals surface area (Å²) in [6.07, 6.45) is -4.68. The lowest BCUT2D eigenvalue weighted by molar-refractivity contribution is -0.388. The van der Waals surface area contributed by atoms with Gasteiger partial charge in [0.25, 0.3) is 22.7 Å². The first-order valence-electron chi connectivity index (χ1n) is 18.9. The number of ether oxygens (including phenoxy) is 1. The van der Waals surface area contributed by atoms with E-state index in [4.69, 9.17) is 21.5 Å². The first-order chi connectivity index (χ1) is 32.8. The molecule has 0 bridgehead atoms. The van der Waals surface area contributed by atoms with E-state index in [2.05, 4.69) is 0 Å². The Hall–Kier alpha value is -8.52. The molecule has 0 unspecified atom stereocenters. The molecule has 2 atom stereocenters. The summed E-state index contributed by atoms with van der Waals surface area (Å²) in [5.41, 5.74) is -5.00. The average molecular weight is 1050 g/mol. The summed E-state index contributed by atoms with van der Waals surface area (Å²) < 4.78 is 136. The van der Waals surface area contributed by atoms with E-state index >= 15 is 0 Å². The molecule has 0 aromatic heterocycles. The Morgan fingerprint density at radius 1 is 0.500 bits per heavy atom. The number of rotatable bonds is 17. The second-order valence-corrected chi connectivity index (χ2v) is 20.2. The number of aromatic hydroxyl groups is 1. The summed E-state index contributed by atoms with van der Waals surface area (Å²) in [7, 11) is -21.4. The van der Waals surface area contributed by atoms with Crippen LogP contribution in [0.15, 0.2) is 141 Å². The molecular formula is C39H26N4O23S4. The molecular weight excluding hydrogens is 1020 g/mol. The van der Waals surface area contributed by atoms with Crippen molar-refractivity contribution in [1.29, 1.82) is 0 Å². The summed E-state index contributed by atoms with van der Waals surface area (Å²) in [4.78, 5) is 38.5. The van der Waals surface area contributed by atoms with E-state index in [1.54, 1.807) is 0 Å². The summed E-state index contributed by atoms with van der Waals surface area (Å²) >= 11 is 0. The molecule has 0 saturated carbocycles. The van der Waals surface area contributed by atoms with Gasteiger partial charge in [-0.2, -0.15) is 33.7 Å².